The van der Waals surface area contributed by atoms with Crippen LogP contribution in [0.1, 0.15) is 11.5 Å². The minimum Gasteiger partial charge on any atom is -0.469 e. The number of ether oxygens (including phenoxy) is 1. The number of rotatable bonds is 3. The van der Waals surface area contributed by atoms with Crippen LogP contribution in [-0.2, 0) is 16.0 Å². The maximum atomic E-state index is 11.2. The fourth-order valence-electron chi connectivity index (χ4n) is 1.42. The van der Waals surface area contributed by atoms with Gasteiger partial charge in [-0.15, -0.1) is 0 Å². The standard InChI is InChI=1S/C12H12N2O3/c1-8-10(7-11(15)16-2)14-12(17-8)9-3-5-13-6-4-9/h3-6H,7H2,1-2H3. The first kappa shape index (κ1) is 11.3. The van der Waals surface area contributed by atoms with Crippen molar-refractivity contribution in [1.82, 2.24) is 9.97 Å². The maximum absolute atomic E-state index is 11.2. The molecule has 0 aromatic carbocycles. The predicted octanol–water partition coefficient (Wildman–Crippen LogP) is 1.76. The summed E-state index contributed by atoms with van der Waals surface area (Å²) >= 11 is 0. The molecule has 0 atom stereocenters. The van der Waals surface area contributed by atoms with Gasteiger partial charge in [0.1, 0.15) is 5.76 Å². The zero-order valence-corrected chi connectivity index (χ0v) is 9.64. The van der Waals surface area contributed by atoms with Gasteiger partial charge in [-0.25, -0.2) is 4.98 Å². The molecule has 5 nitrogen and oxygen atoms in total. The van der Waals surface area contributed by atoms with Crippen molar-refractivity contribution in [2.24, 2.45) is 0 Å². The number of oxazole rings is 1. The summed E-state index contributed by atoms with van der Waals surface area (Å²) in [5, 5.41) is 0. The van der Waals surface area contributed by atoms with Crippen LogP contribution in [0.3, 0.4) is 0 Å². The van der Waals surface area contributed by atoms with Crippen LogP contribution in [0.25, 0.3) is 11.5 Å². The zero-order chi connectivity index (χ0) is 12.3. The summed E-state index contributed by atoms with van der Waals surface area (Å²) in [7, 11) is 1.35. The molecule has 0 amide bonds. The number of nitrogens with zero attached hydrogens (tertiary/aromatic N) is 2. The summed E-state index contributed by atoms with van der Waals surface area (Å²) in [6, 6.07) is 3.60. The van der Waals surface area contributed by atoms with Crippen LogP contribution < -0.4 is 0 Å². The molecule has 0 saturated carbocycles. The Labute approximate surface area is 98.5 Å². The van der Waals surface area contributed by atoms with Crippen molar-refractivity contribution in [3.63, 3.8) is 0 Å². The van der Waals surface area contributed by atoms with Gasteiger partial charge in [-0.1, -0.05) is 0 Å². The van der Waals surface area contributed by atoms with Gasteiger partial charge < -0.3 is 9.15 Å². The third kappa shape index (κ3) is 2.50. The van der Waals surface area contributed by atoms with Crippen molar-refractivity contribution in [1.29, 1.82) is 0 Å². The second-order valence-corrected chi connectivity index (χ2v) is 3.51. The highest BCUT2D eigenvalue weighted by Gasteiger charge is 2.14. The van der Waals surface area contributed by atoms with Gasteiger partial charge in [0.2, 0.25) is 5.89 Å². The summed E-state index contributed by atoms with van der Waals surface area (Å²) in [6.45, 7) is 1.77. The number of carbonyl (C=O) groups is 1. The van der Waals surface area contributed by atoms with E-state index in [1.807, 2.05) is 0 Å². The summed E-state index contributed by atoms with van der Waals surface area (Å²) in [6.07, 6.45) is 3.45. The van der Waals surface area contributed by atoms with Crippen LogP contribution in [0.5, 0.6) is 0 Å². The molecule has 0 saturated heterocycles. The fourth-order valence-corrected chi connectivity index (χ4v) is 1.42. The Balaban J connectivity index is 2.28. The number of hydrogen-bond donors (Lipinski definition) is 0. The van der Waals surface area contributed by atoms with E-state index in [-0.39, 0.29) is 12.4 Å². The lowest BCUT2D eigenvalue weighted by Gasteiger charge is -1.94. The molecule has 0 aliphatic heterocycles. The van der Waals surface area contributed by atoms with Gasteiger partial charge >= 0.3 is 5.97 Å². The normalized spacial score (nSPS) is 10.2. The highest BCUT2D eigenvalue weighted by Crippen LogP contribution is 2.21. The smallest absolute Gasteiger partial charge is 0.311 e. The SMILES string of the molecule is COC(=O)Cc1nc(-c2ccncc2)oc1C. The number of pyridine rings is 1. The van der Waals surface area contributed by atoms with Gasteiger partial charge in [0.25, 0.3) is 0 Å². The first-order chi connectivity index (χ1) is 8.20. The van der Waals surface area contributed by atoms with Crippen LogP contribution >= 0.6 is 0 Å². The monoisotopic (exact) mass is 232 g/mol. The number of methoxy groups -OCH3 is 1. The van der Waals surface area contributed by atoms with Gasteiger partial charge in [0.05, 0.1) is 19.2 Å². The van der Waals surface area contributed by atoms with Crippen molar-refractivity contribution in [3.8, 4) is 11.5 Å². The Bertz CT molecular complexity index is 520. The molecule has 2 heterocycles. The molecule has 0 aliphatic rings. The molecule has 0 bridgehead atoms. The summed E-state index contributed by atoms with van der Waals surface area (Å²) in [4.78, 5) is 19.4. The number of aromatic nitrogens is 2. The molecule has 0 N–H and O–H groups in total. The molecular formula is C12H12N2O3. The maximum Gasteiger partial charge on any atom is 0.311 e. The number of esters is 1. The van der Waals surface area contributed by atoms with Crippen molar-refractivity contribution in [2.45, 2.75) is 13.3 Å². The second-order valence-electron chi connectivity index (χ2n) is 3.51. The topological polar surface area (TPSA) is 65.2 Å². The molecule has 0 unspecified atom stereocenters. The van der Waals surface area contributed by atoms with Crippen molar-refractivity contribution >= 4 is 5.97 Å². The van der Waals surface area contributed by atoms with Crippen LogP contribution in [-0.4, -0.2) is 23.0 Å². The van der Waals surface area contributed by atoms with E-state index in [4.69, 9.17) is 4.42 Å². The predicted molar refractivity (Wildman–Crippen MR) is 60.2 cm³/mol. The van der Waals surface area contributed by atoms with Crippen LogP contribution in [0.15, 0.2) is 28.9 Å². The largest absolute Gasteiger partial charge is 0.469 e. The van der Waals surface area contributed by atoms with E-state index in [0.29, 0.717) is 17.3 Å². The molecule has 2 aromatic rings. The first-order valence-corrected chi connectivity index (χ1v) is 5.14. The molecule has 2 aromatic heterocycles. The molecule has 0 aliphatic carbocycles. The summed E-state index contributed by atoms with van der Waals surface area (Å²) < 4.78 is 10.1. The molecule has 0 spiro atoms. The average Bonchev–Trinajstić information content (AvgIpc) is 2.72. The molecule has 88 valence electrons. The Morgan fingerprint density at radius 3 is 2.76 bits per heavy atom. The Hall–Kier alpha value is -2.17. The minimum atomic E-state index is -0.331. The minimum absolute atomic E-state index is 0.122. The Morgan fingerprint density at radius 1 is 1.41 bits per heavy atom. The van der Waals surface area contributed by atoms with Gasteiger partial charge in [-0.2, -0.15) is 0 Å². The lowest BCUT2D eigenvalue weighted by atomic mass is 10.2. The summed E-state index contributed by atoms with van der Waals surface area (Å²) in [5.74, 6) is 0.786. The number of aryl methyl sites for hydroxylation is 1. The van der Waals surface area contributed by atoms with E-state index in [9.17, 15) is 4.79 Å². The number of hydrogen-bond acceptors (Lipinski definition) is 5. The number of carbonyl (C=O) groups excluding carboxylic acids is 1. The van der Waals surface area contributed by atoms with Gasteiger partial charge in [0, 0.05) is 18.0 Å². The van der Waals surface area contributed by atoms with E-state index in [1.165, 1.54) is 7.11 Å². The van der Waals surface area contributed by atoms with Crippen LogP contribution in [0.4, 0.5) is 0 Å². The van der Waals surface area contributed by atoms with Gasteiger partial charge in [-0.3, -0.25) is 9.78 Å². The first-order valence-electron chi connectivity index (χ1n) is 5.14. The van der Waals surface area contributed by atoms with Gasteiger partial charge in [0.15, 0.2) is 0 Å². The average molecular weight is 232 g/mol. The molecule has 0 radical (unpaired) electrons. The molecule has 5 heteroatoms. The van der Waals surface area contributed by atoms with Crippen molar-refractivity contribution < 1.29 is 13.9 Å². The van der Waals surface area contributed by atoms with E-state index < -0.39 is 0 Å². The van der Waals surface area contributed by atoms with Crippen molar-refractivity contribution in [3.05, 3.63) is 36.0 Å². The lowest BCUT2D eigenvalue weighted by Crippen LogP contribution is -2.05. The van der Waals surface area contributed by atoms with E-state index in [0.717, 1.165) is 5.56 Å². The Kier molecular flexibility index (Phi) is 3.18. The lowest BCUT2D eigenvalue weighted by molar-refractivity contribution is -0.139. The van der Waals surface area contributed by atoms with E-state index in [1.54, 1.807) is 31.5 Å². The molecular weight excluding hydrogens is 220 g/mol. The molecule has 17 heavy (non-hydrogen) atoms. The second kappa shape index (κ2) is 4.78. The van der Waals surface area contributed by atoms with E-state index in [2.05, 4.69) is 14.7 Å². The Morgan fingerprint density at radius 2 is 2.12 bits per heavy atom. The quantitative estimate of drug-likeness (QED) is 0.754. The van der Waals surface area contributed by atoms with Crippen LogP contribution in [0, 0.1) is 6.92 Å². The highest BCUT2D eigenvalue weighted by molar-refractivity contribution is 5.72. The third-order valence-corrected chi connectivity index (χ3v) is 2.36. The summed E-state index contributed by atoms with van der Waals surface area (Å²) in [5.41, 5.74) is 1.43. The molecule has 0 fully saturated rings. The van der Waals surface area contributed by atoms with Crippen molar-refractivity contribution in [2.75, 3.05) is 7.11 Å². The third-order valence-electron chi connectivity index (χ3n) is 2.36. The molecule has 2 rings (SSSR count). The van der Waals surface area contributed by atoms with E-state index >= 15 is 0 Å². The zero-order valence-electron chi connectivity index (χ0n) is 9.64. The van der Waals surface area contributed by atoms with Gasteiger partial charge in [-0.05, 0) is 19.1 Å². The van der Waals surface area contributed by atoms with Crippen LogP contribution in [0.2, 0.25) is 0 Å². The highest BCUT2D eigenvalue weighted by atomic mass is 16.5. The fraction of sp³-hybridized carbons (Fsp3) is 0.250.